The van der Waals surface area contributed by atoms with Crippen LogP contribution in [-0.2, 0) is 6.54 Å². The first-order valence-electron chi connectivity index (χ1n) is 7.49. The van der Waals surface area contributed by atoms with E-state index in [1.165, 1.54) is 34.4 Å². The quantitative estimate of drug-likeness (QED) is 0.559. The van der Waals surface area contributed by atoms with E-state index in [0.29, 0.717) is 16.8 Å². The van der Waals surface area contributed by atoms with Gasteiger partial charge in [-0.05, 0) is 23.3 Å². The Hall–Kier alpha value is -2.79. The fourth-order valence-corrected chi connectivity index (χ4v) is 3.68. The Balaban J connectivity index is 1.78. The molecule has 0 unspecified atom stereocenters. The summed E-state index contributed by atoms with van der Waals surface area (Å²) in [5.41, 5.74) is 3.35. The number of halogens is 1. The summed E-state index contributed by atoms with van der Waals surface area (Å²) in [6, 6.07) is 16.1. The Labute approximate surface area is 141 Å². The number of thiophene rings is 1. The maximum absolute atomic E-state index is 13.3. The summed E-state index contributed by atoms with van der Waals surface area (Å²) in [6.07, 6.45) is 1.54. The first kappa shape index (κ1) is 14.8. The second-order valence-corrected chi connectivity index (χ2v) is 6.38. The zero-order chi connectivity index (χ0) is 16.5. The van der Waals surface area contributed by atoms with Gasteiger partial charge in [0.15, 0.2) is 0 Å². The molecule has 3 nitrogen and oxygen atoms in total. The molecule has 5 heteroatoms. The van der Waals surface area contributed by atoms with Gasteiger partial charge in [-0.2, -0.15) is 0 Å². The van der Waals surface area contributed by atoms with Crippen LogP contribution in [0.15, 0.2) is 71.1 Å². The lowest BCUT2D eigenvalue weighted by Crippen LogP contribution is -2.20. The normalized spacial score (nSPS) is 11.0. The minimum absolute atomic E-state index is 0.101. The summed E-state index contributed by atoms with van der Waals surface area (Å²) in [6.45, 7) is 0.304. The molecule has 2 heterocycles. The van der Waals surface area contributed by atoms with E-state index in [4.69, 9.17) is 0 Å². The third kappa shape index (κ3) is 2.63. The molecule has 2 aromatic carbocycles. The fraction of sp³-hybridized carbons (Fsp3) is 0.0526. The van der Waals surface area contributed by atoms with E-state index in [9.17, 15) is 9.18 Å². The minimum atomic E-state index is -0.308. The van der Waals surface area contributed by atoms with E-state index < -0.39 is 0 Å². The van der Waals surface area contributed by atoms with Gasteiger partial charge in [-0.1, -0.05) is 42.5 Å². The molecule has 4 aromatic rings. The number of hydrogen-bond acceptors (Lipinski definition) is 3. The van der Waals surface area contributed by atoms with Crippen molar-refractivity contribution in [1.82, 2.24) is 9.55 Å². The smallest absolute Gasteiger partial charge is 0.271 e. The standard InChI is InChI=1S/C19H13FN2OS/c20-15-8-4-5-13(9-15)10-22-12-21-17-16(11-24-18(17)19(22)23)14-6-2-1-3-7-14/h1-9,11-12H,10H2. The number of aromatic nitrogens is 2. The lowest BCUT2D eigenvalue weighted by molar-refractivity contribution is 0.622. The van der Waals surface area contributed by atoms with Gasteiger partial charge >= 0.3 is 0 Å². The first-order valence-corrected chi connectivity index (χ1v) is 8.37. The summed E-state index contributed by atoms with van der Waals surface area (Å²) in [7, 11) is 0. The molecule has 0 atom stereocenters. The van der Waals surface area contributed by atoms with Crippen LogP contribution >= 0.6 is 11.3 Å². The van der Waals surface area contributed by atoms with Crippen LogP contribution in [0.4, 0.5) is 4.39 Å². The number of rotatable bonds is 3. The van der Waals surface area contributed by atoms with Crippen molar-refractivity contribution in [3.63, 3.8) is 0 Å². The van der Waals surface area contributed by atoms with Gasteiger partial charge in [0, 0.05) is 10.9 Å². The first-order chi connectivity index (χ1) is 11.7. The maximum Gasteiger partial charge on any atom is 0.271 e. The number of nitrogens with zero attached hydrogens (tertiary/aromatic N) is 2. The summed E-state index contributed by atoms with van der Waals surface area (Å²) < 4.78 is 15.4. The average molecular weight is 336 g/mol. The minimum Gasteiger partial charge on any atom is -0.294 e. The highest BCUT2D eigenvalue weighted by Crippen LogP contribution is 2.30. The van der Waals surface area contributed by atoms with Crippen molar-refractivity contribution < 1.29 is 4.39 Å². The Morgan fingerprint density at radius 1 is 1.08 bits per heavy atom. The van der Waals surface area contributed by atoms with Gasteiger partial charge in [0.2, 0.25) is 0 Å². The monoisotopic (exact) mass is 336 g/mol. The fourth-order valence-electron chi connectivity index (χ4n) is 2.71. The van der Waals surface area contributed by atoms with E-state index in [0.717, 1.165) is 16.7 Å². The Morgan fingerprint density at radius 2 is 1.92 bits per heavy atom. The second-order valence-electron chi connectivity index (χ2n) is 5.50. The average Bonchev–Trinajstić information content (AvgIpc) is 3.03. The Bertz CT molecular complexity index is 1070. The van der Waals surface area contributed by atoms with Gasteiger partial charge in [0.25, 0.3) is 5.56 Å². The van der Waals surface area contributed by atoms with Gasteiger partial charge < -0.3 is 0 Å². The molecule has 4 rings (SSSR count). The molecular formula is C19H13FN2OS. The molecule has 0 saturated heterocycles. The molecule has 2 aromatic heterocycles. The molecule has 0 amide bonds. The summed E-state index contributed by atoms with van der Waals surface area (Å²) >= 11 is 1.39. The molecular weight excluding hydrogens is 323 g/mol. The van der Waals surface area contributed by atoms with Crippen LogP contribution in [0, 0.1) is 5.82 Å². The third-order valence-electron chi connectivity index (χ3n) is 3.87. The number of hydrogen-bond donors (Lipinski definition) is 0. The molecule has 0 bridgehead atoms. The predicted molar refractivity (Wildman–Crippen MR) is 94.8 cm³/mol. The molecule has 0 radical (unpaired) electrons. The highest BCUT2D eigenvalue weighted by Gasteiger charge is 2.12. The zero-order valence-corrected chi connectivity index (χ0v) is 13.5. The van der Waals surface area contributed by atoms with Crippen molar-refractivity contribution >= 4 is 21.6 Å². The van der Waals surface area contributed by atoms with Crippen LogP contribution in [0.3, 0.4) is 0 Å². The second kappa shape index (κ2) is 6.02. The van der Waals surface area contributed by atoms with E-state index in [2.05, 4.69) is 4.98 Å². The van der Waals surface area contributed by atoms with Crippen molar-refractivity contribution in [2.24, 2.45) is 0 Å². The number of benzene rings is 2. The molecule has 0 spiro atoms. The maximum atomic E-state index is 13.3. The summed E-state index contributed by atoms with van der Waals surface area (Å²) in [4.78, 5) is 17.2. The lowest BCUT2D eigenvalue weighted by atomic mass is 10.1. The zero-order valence-electron chi connectivity index (χ0n) is 12.6. The molecule has 118 valence electrons. The lowest BCUT2D eigenvalue weighted by Gasteiger charge is -2.06. The largest absolute Gasteiger partial charge is 0.294 e. The van der Waals surface area contributed by atoms with E-state index in [-0.39, 0.29) is 11.4 Å². The van der Waals surface area contributed by atoms with Crippen molar-refractivity contribution in [1.29, 1.82) is 0 Å². The van der Waals surface area contributed by atoms with E-state index in [1.54, 1.807) is 12.1 Å². The van der Waals surface area contributed by atoms with Gasteiger partial charge in [0.1, 0.15) is 10.5 Å². The van der Waals surface area contributed by atoms with E-state index in [1.807, 2.05) is 35.7 Å². The Kier molecular flexibility index (Phi) is 3.70. The van der Waals surface area contributed by atoms with Crippen molar-refractivity contribution in [3.8, 4) is 11.1 Å². The third-order valence-corrected chi connectivity index (χ3v) is 4.83. The van der Waals surface area contributed by atoms with Crippen molar-refractivity contribution in [2.45, 2.75) is 6.54 Å². The van der Waals surface area contributed by atoms with Crippen LogP contribution in [0.5, 0.6) is 0 Å². The summed E-state index contributed by atoms with van der Waals surface area (Å²) in [5, 5.41) is 1.96. The van der Waals surface area contributed by atoms with Gasteiger partial charge in [-0.3, -0.25) is 9.36 Å². The molecule has 0 N–H and O–H groups in total. The molecule has 0 aliphatic carbocycles. The SMILES string of the molecule is O=c1c2scc(-c3ccccc3)c2ncn1Cc1cccc(F)c1. The molecule has 0 aliphatic rings. The highest BCUT2D eigenvalue weighted by atomic mass is 32.1. The molecule has 24 heavy (non-hydrogen) atoms. The Morgan fingerprint density at radius 3 is 2.71 bits per heavy atom. The van der Waals surface area contributed by atoms with Crippen LogP contribution < -0.4 is 5.56 Å². The number of fused-ring (bicyclic) bond motifs is 1. The summed E-state index contributed by atoms with van der Waals surface area (Å²) in [5.74, 6) is -0.308. The van der Waals surface area contributed by atoms with Crippen LogP contribution in [0.25, 0.3) is 21.3 Å². The van der Waals surface area contributed by atoms with Crippen LogP contribution in [0.1, 0.15) is 5.56 Å². The van der Waals surface area contributed by atoms with Crippen LogP contribution in [-0.4, -0.2) is 9.55 Å². The van der Waals surface area contributed by atoms with Crippen molar-refractivity contribution in [3.05, 3.63) is 88.0 Å². The molecule has 0 saturated carbocycles. The molecule has 0 aliphatic heterocycles. The van der Waals surface area contributed by atoms with E-state index >= 15 is 0 Å². The predicted octanol–water partition coefficient (Wildman–Crippen LogP) is 4.31. The van der Waals surface area contributed by atoms with Gasteiger partial charge in [0.05, 0.1) is 18.4 Å². The van der Waals surface area contributed by atoms with Gasteiger partial charge in [-0.15, -0.1) is 11.3 Å². The highest BCUT2D eigenvalue weighted by molar-refractivity contribution is 7.17. The van der Waals surface area contributed by atoms with Gasteiger partial charge in [-0.25, -0.2) is 9.37 Å². The topological polar surface area (TPSA) is 34.9 Å². The van der Waals surface area contributed by atoms with Crippen molar-refractivity contribution in [2.75, 3.05) is 0 Å². The molecule has 0 fully saturated rings. The van der Waals surface area contributed by atoms with Crippen LogP contribution in [0.2, 0.25) is 0 Å².